The maximum absolute atomic E-state index is 13.9. The van der Waals surface area contributed by atoms with Crippen molar-refractivity contribution in [3.63, 3.8) is 0 Å². The summed E-state index contributed by atoms with van der Waals surface area (Å²) in [7, 11) is 0. The number of rotatable bonds is 9. The SMILES string of the molecule is CCCCOc1ccc(C(=O)NCC(=O)N2CCCN(Cc3ccccc3F)CC2)cc1. The summed E-state index contributed by atoms with van der Waals surface area (Å²) in [5.74, 6) is 0.142. The van der Waals surface area contributed by atoms with Crippen molar-refractivity contribution in [2.45, 2.75) is 32.7 Å². The summed E-state index contributed by atoms with van der Waals surface area (Å²) in [6.07, 6.45) is 2.87. The number of benzene rings is 2. The number of carbonyl (C=O) groups excluding carboxylic acids is 2. The van der Waals surface area contributed by atoms with Crippen molar-refractivity contribution in [2.75, 3.05) is 39.3 Å². The Labute approximate surface area is 189 Å². The summed E-state index contributed by atoms with van der Waals surface area (Å²) < 4.78 is 19.5. The Hall–Kier alpha value is -2.93. The number of hydrogen-bond donors (Lipinski definition) is 1. The number of amides is 2. The van der Waals surface area contributed by atoms with Crippen LogP contribution >= 0.6 is 0 Å². The highest BCUT2D eigenvalue weighted by Gasteiger charge is 2.20. The van der Waals surface area contributed by atoms with E-state index in [0.717, 1.165) is 31.6 Å². The molecule has 1 N–H and O–H groups in total. The molecule has 0 aliphatic carbocycles. The van der Waals surface area contributed by atoms with Crippen LogP contribution in [0.4, 0.5) is 4.39 Å². The van der Waals surface area contributed by atoms with E-state index in [2.05, 4.69) is 17.1 Å². The predicted molar refractivity (Wildman–Crippen MR) is 122 cm³/mol. The van der Waals surface area contributed by atoms with E-state index in [0.29, 0.717) is 43.9 Å². The Kier molecular flexibility index (Phi) is 9.04. The van der Waals surface area contributed by atoms with Crippen LogP contribution < -0.4 is 10.1 Å². The van der Waals surface area contributed by atoms with E-state index in [-0.39, 0.29) is 24.2 Å². The van der Waals surface area contributed by atoms with Gasteiger partial charge in [0, 0.05) is 43.9 Å². The number of hydrogen-bond acceptors (Lipinski definition) is 4. The monoisotopic (exact) mass is 441 g/mol. The van der Waals surface area contributed by atoms with Gasteiger partial charge in [0.25, 0.3) is 5.91 Å². The molecular formula is C25H32FN3O3. The van der Waals surface area contributed by atoms with Crippen LogP contribution in [0.25, 0.3) is 0 Å². The summed E-state index contributed by atoms with van der Waals surface area (Å²) in [6.45, 7) is 5.92. The molecule has 1 saturated heterocycles. The third kappa shape index (κ3) is 7.05. The largest absolute Gasteiger partial charge is 0.494 e. The molecule has 32 heavy (non-hydrogen) atoms. The summed E-state index contributed by atoms with van der Waals surface area (Å²) in [6, 6.07) is 13.7. The second-order valence-electron chi connectivity index (χ2n) is 8.01. The average Bonchev–Trinajstić information content (AvgIpc) is 3.05. The van der Waals surface area contributed by atoms with E-state index in [1.54, 1.807) is 41.3 Å². The number of nitrogens with zero attached hydrogens (tertiary/aromatic N) is 2. The molecule has 172 valence electrons. The fourth-order valence-electron chi connectivity index (χ4n) is 3.65. The molecule has 6 nitrogen and oxygen atoms in total. The van der Waals surface area contributed by atoms with Crippen LogP contribution in [0, 0.1) is 5.82 Å². The van der Waals surface area contributed by atoms with Gasteiger partial charge in [-0.2, -0.15) is 0 Å². The lowest BCUT2D eigenvalue weighted by Gasteiger charge is -2.22. The lowest BCUT2D eigenvalue weighted by molar-refractivity contribution is -0.130. The minimum atomic E-state index is -0.283. The van der Waals surface area contributed by atoms with Gasteiger partial charge >= 0.3 is 0 Å². The lowest BCUT2D eigenvalue weighted by Crippen LogP contribution is -2.42. The Morgan fingerprint density at radius 1 is 1.03 bits per heavy atom. The second kappa shape index (κ2) is 12.2. The van der Waals surface area contributed by atoms with Crippen LogP contribution in [0.2, 0.25) is 0 Å². The summed E-state index contributed by atoms with van der Waals surface area (Å²) in [4.78, 5) is 28.9. The summed E-state index contributed by atoms with van der Waals surface area (Å²) in [5.41, 5.74) is 1.16. The van der Waals surface area contributed by atoms with E-state index in [9.17, 15) is 14.0 Å². The molecule has 1 aliphatic rings. The Balaban J connectivity index is 1.43. The third-order valence-corrected chi connectivity index (χ3v) is 5.58. The number of nitrogens with one attached hydrogen (secondary N) is 1. The number of halogens is 1. The van der Waals surface area contributed by atoms with Crippen LogP contribution in [0.5, 0.6) is 5.75 Å². The molecule has 0 atom stereocenters. The first-order chi connectivity index (χ1) is 15.6. The molecule has 0 saturated carbocycles. The van der Waals surface area contributed by atoms with Crippen molar-refractivity contribution < 1.29 is 18.7 Å². The van der Waals surface area contributed by atoms with E-state index >= 15 is 0 Å². The Bertz CT molecular complexity index is 888. The van der Waals surface area contributed by atoms with Gasteiger partial charge in [0.05, 0.1) is 13.2 Å². The van der Waals surface area contributed by atoms with E-state index in [4.69, 9.17) is 4.74 Å². The van der Waals surface area contributed by atoms with Crippen LogP contribution in [0.15, 0.2) is 48.5 Å². The van der Waals surface area contributed by atoms with E-state index < -0.39 is 0 Å². The first-order valence-electron chi connectivity index (χ1n) is 11.3. The normalized spacial score (nSPS) is 14.6. The van der Waals surface area contributed by atoms with Gasteiger partial charge in [-0.15, -0.1) is 0 Å². The fraction of sp³-hybridized carbons (Fsp3) is 0.440. The molecule has 0 unspecified atom stereocenters. The number of unbranched alkanes of at least 4 members (excludes halogenated alkanes) is 1. The highest BCUT2D eigenvalue weighted by atomic mass is 19.1. The molecule has 0 aromatic heterocycles. The number of carbonyl (C=O) groups is 2. The molecule has 1 heterocycles. The highest BCUT2D eigenvalue weighted by molar-refractivity contribution is 5.96. The molecule has 2 aromatic carbocycles. The standard InChI is InChI=1S/C25H32FN3O3/c1-2-3-17-32-22-11-9-20(10-12-22)25(31)27-18-24(30)29-14-6-13-28(15-16-29)19-21-7-4-5-8-23(21)26/h4-5,7-12H,2-3,6,13-19H2,1H3,(H,27,31). The highest BCUT2D eigenvalue weighted by Crippen LogP contribution is 2.14. The second-order valence-corrected chi connectivity index (χ2v) is 8.01. The van der Waals surface area contributed by atoms with Gasteiger partial charge in [0.1, 0.15) is 11.6 Å². The zero-order valence-electron chi connectivity index (χ0n) is 18.7. The molecule has 0 radical (unpaired) electrons. The summed E-state index contributed by atoms with van der Waals surface area (Å²) >= 11 is 0. The van der Waals surface area contributed by atoms with Crippen molar-refractivity contribution >= 4 is 11.8 Å². The zero-order valence-corrected chi connectivity index (χ0v) is 18.7. The van der Waals surface area contributed by atoms with Crippen molar-refractivity contribution in [1.82, 2.24) is 15.1 Å². The quantitative estimate of drug-likeness (QED) is 0.606. The Morgan fingerprint density at radius 3 is 2.56 bits per heavy atom. The minimum Gasteiger partial charge on any atom is -0.494 e. The third-order valence-electron chi connectivity index (χ3n) is 5.58. The zero-order chi connectivity index (χ0) is 22.8. The molecule has 0 bridgehead atoms. The molecule has 7 heteroatoms. The van der Waals surface area contributed by atoms with Crippen molar-refractivity contribution in [3.05, 3.63) is 65.5 Å². The van der Waals surface area contributed by atoms with E-state index in [1.165, 1.54) is 6.07 Å². The van der Waals surface area contributed by atoms with E-state index in [1.807, 2.05) is 6.07 Å². The topological polar surface area (TPSA) is 61.9 Å². The molecule has 2 aromatic rings. The molecule has 2 amide bonds. The van der Waals surface area contributed by atoms with Crippen LogP contribution in [0.1, 0.15) is 42.1 Å². The van der Waals surface area contributed by atoms with Crippen LogP contribution in [0.3, 0.4) is 0 Å². The van der Waals surface area contributed by atoms with Crippen molar-refractivity contribution in [1.29, 1.82) is 0 Å². The molecule has 0 spiro atoms. The van der Waals surface area contributed by atoms with Crippen LogP contribution in [-0.4, -0.2) is 60.9 Å². The molecular weight excluding hydrogens is 409 g/mol. The van der Waals surface area contributed by atoms with Crippen LogP contribution in [-0.2, 0) is 11.3 Å². The molecule has 3 rings (SSSR count). The average molecular weight is 442 g/mol. The van der Waals surface area contributed by atoms with Gasteiger partial charge in [-0.05, 0) is 43.2 Å². The minimum absolute atomic E-state index is 0.0408. The first kappa shape index (κ1) is 23.7. The predicted octanol–water partition coefficient (Wildman–Crippen LogP) is 3.47. The Morgan fingerprint density at radius 2 is 1.81 bits per heavy atom. The molecule has 1 fully saturated rings. The van der Waals surface area contributed by atoms with Gasteiger partial charge < -0.3 is 15.0 Å². The maximum atomic E-state index is 13.9. The summed E-state index contributed by atoms with van der Waals surface area (Å²) in [5, 5.41) is 2.71. The van der Waals surface area contributed by atoms with Gasteiger partial charge in [0.2, 0.25) is 5.91 Å². The fourth-order valence-corrected chi connectivity index (χ4v) is 3.65. The molecule has 1 aliphatic heterocycles. The van der Waals surface area contributed by atoms with Gasteiger partial charge in [-0.1, -0.05) is 31.5 Å². The van der Waals surface area contributed by atoms with Gasteiger partial charge in [-0.3, -0.25) is 14.5 Å². The number of ether oxygens (including phenoxy) is 1. The van der Waals surface area contributed by atoms with Crippen molar-refractivity contribution in [2.24, 2.45) is 0 Å². The maximum Gasteiger partial charge on any atom is 0.251 e. The van der Waals surface area contributed by atoms with Crippen molar-refractivity contribution in [3.8, 4) is 5.75 Å². The smallest absolute Gasteiger partial charge is 0.251 e. The van der Waals surface area contributed by atoms with Gasteiger partial charge in [0.15, 0.2) is 0 Å². The lowest BCUT2D eigenvalue weighted by atomic mass is 10.2. The van der Waals surface area contributed by atoms with Gasteiger partial charge in [-0.25, -0.2) is 4.39 Å². The first-order valence-corrected chi connectivity index (χ1v) is 11.3.